The number of amides is 3. The summed E-state index contributed by atoms with van der Waals surface area (Å²) in [6, 6.07) is 7.69. The zero-order chi connectivity index (χ0) is 32.9. The van der Waals surface area contributed by atoms with Crippen LogP contribution in [-0.4, -0.2) is 105 Å². The average molecular weight is 689 g/mol. The third-order valence-corrected chi connectivity index (χ3v) is 10.3. The summed E-state index contributed by atoms with van der Waals surface area (Å²) >= 11 is 3.69. The molecule has 3 amide bonds. The number of likely N-dealkylation sites (tertiary alicyclic amines) is 1. The van der Waals surface area contributed by atoms with Crippen LogP contribution in [-0.2, 0) is 28.7 Å². The van der Waals surface area contributed by atoms with Gasteiger partial charge in [0.15, 0.2) is 0 Å². The van der Waals surface area contributed by atoms with Crippen molar-refractivity contribution in [2.75, 3.05) is 33.3 Å². The summed E-state index contributed by atoms with van der Waals surface area (Å²) in [5.74, 6) is -3.36. The summed E-state index contributed by atoms with van der Waals surface area (Å²) in [4.78, 5) is 59.9. The van der Waals surface area contributed by atoms with Crippen molar-refractivity contribution in [1.29, 1.82) is 0 Å². The number of hydrogen-bond donors (Lipinski definition) is 1. The molecule has 0 radical (unpaired) electrons. The fourth-order valence-corrected chi connectivity index (χ4v) is 8.06. The van der Waals surface area contributed by atoms with E-state index < -0.39 is 53.6 Å². The molecule has 0 aromatic heterocycles. The Kier molecular flexibility index (Phi) is 11.7. The number of fused-ring (bicyclic) bond motifs is 1. The number of likely N-dealkylation sites (N-methyl/N-ethyl adjacent to an activating group) is 1. The van der Waals surface area contributed by atoms with Gasteiger partial charge in [-0.25, -0.2) is 0 Å². The predicted molar refractivity (Wildman–Crippen MR) is 173 cm³/mol. The molecule has 0 aliphatic carbocycles. The molecule has 1 spiro atoms. The van der Waals surface area contributed by atoms with Crippen molar-refractivity contribution < 1.29 is 33.8 Å². The molecule has 1 unspecified atom stereocenters. The standard InChI is InChI=1S/C34H46BrN3O7/c1-6-9-16-25(40)36(5)22(4)28(23-14-12-11-13-15-23)44-33(43)26-27-31(41)38(19-20-39)30(34(27)21-24(35)29(26)45-34)32(42)37(17-8-3)18-10-7-2/h6,8,11-15,22,24,26-30,39H,1,3,7,9-10,16-21H2,2,4-5H3/t22-,24?,26-,27+,28+,29-,30-,34+/m1/s1. The monoisotopic (exact) mass is 687 g/mol. The van der Waals surface area contributed by atoms with Crippen LogP contribution in [0.1, 0.15) is 57.6 Å². The largest absolute Gasteiger partial charge is 0.455 e. The number of aliphatic hydroxyl groups is 1. The van der Waals surface area contributed by atoms with Crippen LogP contribution in [0.2, 0.25) is 0 Å². The van der Waals surface area contributed by atoms with E-state index in [1.807, 2.05) is 44.2 Å². The van der Waals surface area contributed by atoms with E-state index in [2.05, 4.69) is 29.1 Å². The molecule has 3 aliphatic heterocycles. The van der Waals surface area contributed by atoms with Gasteiger partial charge in [-0.2, -0.15) is 0 Å². The van der Waals surface area contributed by atoms with Gasteiger partial charge >= 0.3 is 5.97 Å². The summed E-state index contributed by atoms with van der Waals surface area (Å²) in [5, 5.41) is 9.93. The van der Waals surface area contributed by atoms with Gasteiger partial charge < -0.3 is 29.3 Å². The molecule has 45 heavy (non-hydrogen) atoms. The summed E-state index contributed by atoms with van der Waals surface area (Å²) in [5.41, 5.74) is -0.553. The van der Waals surface area contributed by atoms with E-state index in [1.165, 1.54) is 4.90 Å². The number of carbonyl (C=O) groups excluding carboxylic acids is 4. The highest BCUT2D eigenvalue weighted by Crippen LogP contribution is 2.60. The van der Waals surface area contributed by atoms with Crippen molar-refractivity contribution in [2.24, 2.45) is 11.8 Å². The molecule has 10 nitrogen and oxygen atoms in total. The predicted octanol–water partition coefficient (Wildman–Crippen LogP) is 3.64. The summed E-state index contributed by atoms with van der Waals surface area (Å²) in [6.07, 6.45) is 4.64. The lowest BCUT2D eigenvalue weighted by Crippen LogP contribution is -2.57. The van der Waals surface area contributed by atoms with Crippen molar-refractivity contribution in [3.8, 4) is 0 Å². The van der Waals surface area contributed by atoms with E-state index in [1.54, 1.807) is 29.0 Å². The highest BCUT2D eigenvalue weighted by atomic mass is 79.9. The third kappa shape index (κ3) is 6.62. The van der Waals surface area contributed by atoms with Gasteiger partial charge in [0.1, 0.15) is 17.7 Å². The van der Waals surface area contributed by atoms with E-state index in [9.17, 15) is 24.3 Å². The van der Waals surface area contributed by atoms with Crippen molar-refractivity contribution in [3.63, 3.8) is 0 Å². The molecule has 3 saturated heterocycles. The number of rotatable bonds is 16. The Morgan fingerprint density at radius 3 is 2.58 bits per heavy atom. The molecule has 3 heterocycles. The molecule has 1 aromatic carbocycles. The summed E-state index contributed by atoms with van der Waals surface area (Å²) in [7, 11) is 1.68. The first kappa shape index (κ1) is 34.8. The Bertz CT molecular complexity index is 1260. The Labute approximate surface area is 274 Å². The van der Waals surface area contributed by atoms with Crippen molar-refractivity contribution in [2.45, 2.75) is 80.7 Å². The van der Waals surface area contributed by atoms with Gasteiger partial charge in [0.2, 0.25) is 17.7 Å². The van der Waals surface area contributed by atoms with Crippen LogP contribution in [0, 0.1) is 11.8 Å². The number of benzene rings is 1. The van der Waals surface area contributed by atoms with E-state index in [0.717, 1.165) is 12.8 Å². The highest BCUT2D eigenvalue weighted by molar-refractivity contribution is 9.09. The number of alkyl halides is 1. The molecule has 8 atom stereocenters. The Morgan fingerprint density at radius 1 is 1.24 bits per heavy atom. The zero-order valence-corrected chi connectivity index (χ0v) is 28.1. The maximum atomic E-state index is 14.3. The van der Waals surface area contributed by atoms with Crippen LogP contribution < -0.4 is 0 Å². The quantitative estimate of drug-likeness (QED) is 0.160. The number of esters is 1. The van der Waals surface area contributed by atoms with E-state index >= 15 is 0 Å². The molecular formula is C34H46BrN3O7. The first-order valence-electron chi connectivity index (χ1n) is 15.8. The second-order valence-corrected chi connectivity index (χ2v) is 13.4. The van der Waals surface area contributed by atoms with E-state index in [-0.39, 0.29) is 36.2 Å². The van der Waals surface area contributed by atoms with Gasteiger partial charge in [-0.15, -0.1) is 13.2 Å². The Morgan fingerprint density at radius 2 is 1.96 bits per heavy atom. The number of nitrogens with zero attached hydrogens (tertiary/aromatic N) is 3. The molecule has 1 aromatic rings. The summed E-state index contributed by atoms with van der Waals surface area (Å²) < 4.78 is 12.8. The van der Waals surface area contributed by atoms with Crippen LogP contribution in [0.15, 0.2) is 55.6 Å². The normalized spacial score (nSPS) is 27.9. The number of β-amino-alcohol motifs (C(OH)–C–C–N with tert-alkyl or cyclic N) is 1. The number of halogens is 1. The maximum absolute atomic E-state index is 14.3. The van der Waals surface area contributed by atoms with E-state index in [4.69, 9.17) is 9.47 Å². The van der Waals surface area contributed by atoms with Gasteiger partial charge in [0.05, 0.1) is 30.6 Å². The smallest absolute Gasteiger partial charge is 0.313 e. The molecule has 11 heteroatoms. The minimum Gasteiger partial charge on any atom is -0.455 e. The average Bonchev–Trinajstić information content (AvgIpc) is 3.63. The summed E-state index contributed by atoms with van der Waals surface area (Å²) in [6.45, 7) is 11.8. The van der Waals surface area contributed by atoms with Crippen LogP contribution in [0.25, 0.3) is 0 Å². The lowest BCUT2D eigenvalue weighted by molar-refractivity contribution is -0.164. The molecular weight excluding hydrogens is 642 g/mol. The van der Waals surface area contributed by atoms with Crippen LogP contribution >= 0.6 is 15.9 Å². The number of allylic oxidation sites excluding steroid dienone is 1. The molecule has 3 aliphatic rings. The van der Waals surface area contributed by atoms with Crippen molar-refractivity contribution in [3.05, 3.63) is 61.2 Å². The van der Waals surface area contributed by atoms with Gasteiger partial charge in [0.25, 0.3) is 0 Å². The second kappa shape index (κ2) is 15.0. The minimum atomic E-state index is -1.26. The Balaban J connectivity index is 1.68. The number of hydrogen-bond acceptors (Lipinski definition) is 7. The minimum absolute atomic E-state index is 0.0623. The first-order valence-corrected chi connectivity index (χ1v) is 16.7. The molecule has 2 bridgehead atoms. The van der Waals surface area contributed by atoms with Crippen LogP contribution in [0.5, 0.6) is 0 Å². The van der Waals surface area contributed by atoms with Gasteiger partial charge in [0, 0.05) is 37.9 Å². The van der Waals surface area contributed by atoms with Crippen LogP contribution in [0.4, 0.5) is 0 Å². The molecule has 3 fully saturated rings. The van der Waals surface area contributed by atoms with Gasteiger partial charge in [-0.1, -0.05) is 71.8 Å². The SMILES string of the molecule is C=CCCC(=O)N(C)[C@H](C)[C@H](OC(=O)[C@H]1[C@@H]2O[C@@]3(CC2Br)[C@@H]1C(=O)N(CCO)[C@@H]3C(=O)N(CC=C)CCCC)c1ccccc1. The zero-order valence-electron chi connectivity index (χ0n) is 26.5. The highest BCUT2D eigenvalue weighted by Gasteiger charge is 2.77. The molecule has 246 valence electrons. The lowest BCUT2D eigenvalue weighted by atomic mass is 9.70. The van der Waals surface area contributed by atoms with E-state index in [0.29, 0.717) is 31.5 Å². The van der Waals surface area contributed by atoms with Crippen molar-refractivity contribution >= 4 is 39.6 Å². The number of ether oxygens (including phenoxy) is 2. The second-order valence-electron chi connectivity index (χ2n) is 12.2. The first-order chi connectivity index (χ1) is 21.6. The third-order valence-electron chi connectivity index (χ3n) is 9.45. The number of aliphatic hydroxyl groups excluding tert-OH is 1. The van der Waals surface area contributed by atoms with Crippen LogP contribution in [0.3, 0.4) is 0 Å². The van der Waals surface area contributed by atoms with Crippen molar-refractivity contribution in [1.82, 2.24) is 14.7 Å². The maximum Gasteiger partial charge on any atom is 0.313 e. The topological polar surface area (TPSA) is 117 Å². The molecule has 1 N–H and O–H groups in total. The molecule has 4 rings (SSSR count). The number of unbranched alkanes of at least 4 members (excludes halogenated alkanes) is 1. The molecule has 0 saturated carbocycles. The fourth-order valence-electron chi connectivity index (χ4n) is 7.12. The number of carbonyl (C=O) groups is 4. The van der Waals surface area contributed by atoms with Gasteiger partial charge in [-0.3, -0.25) is 19.2 Å². The van der Waals surface area contributed by atoms with Gasteiger partial charge in [-0.05, 0) is 31.7 Å². The fraction of sp³-hybridized carbons (Fsp3) is 0.588. The Hall–Kier alpha value is -3.02. The lowest BCUT2D eigenvalue weighted by Gasteiger charge is -2.37.